The third-order valence-electron chi connectivity index (χ3n) is 5.35. The van der Waals surface area contributed by atoms with Gasteiger partial charge in [-0.3, -0.25) is 9.59 Å². The lowest BCUT2D eigenvalue weighted by Gasteiger charge is -2.26. The number of carboxylic acid groups (broad SMARTS) is 1. The zero-order valence-corrected chi connectivity index (χ0v) is 15.6. The maximum atomic E-state index is 12.8. The summed E-state index contributed by atoms with van der Waals surface area (Å²) in [5, 5.41) is 12.2. The van der Waals surface area contributed by atoms with Gasteiger partial charge in [0.2, 0.25) is 0 Å². The van der Waals surface area contributed by atoms with Crippen LogP contribution < -0.4 is 5.32 Å². The molecule has 0 radical (unpaired) electrons. The van der Waals surface area contributed by atoms with Gasteiger partial charge in [-0.15, -0.1) is 0 Å². The van der Waals surface area contributed by atoms with E-state index in [1.165, 1.54) is 5.56 Å². The molecule has 2 aromatic rings. The fraction of sp³-hybridized carbons (Fsp3) is 0.429. The van der Waals surface area contributed by atoms with E-state index in [2.05, 4.69) is 28.9 Å². The molecule has 1 fully saturated rings. The number of carboxylic acids is 1. The van der Waals surface area contributed by atoms with Crippen molar-refractivity contribution in [1.82, 2.24) is 9.88 Å². The van der Waals surface area contributed by atoms with Crippen LogP contribution in [0.3, 0.4) is 0 Å². The van der Waals surface area contributed by atoms with Crippen LogP contribution in [0.4, 0.5) is 0 Å². The van der Waals surface area contributed by atoms with E-state index in [4.69, 9.17) is 5.11 Å². The Labute approximate surface area is 154 Å². The zero-order chi connectivity index (χ0) is 18.8. The molecule has 2 N–H and O–H groups in total. The summed E-state index contributed by atoms with van der Waals surface area (Å²) in [4.78, 5) is 23.8. The molecule has 1 amide bonds. The third-order valence-corrected chi connectivity index (χ3v) is 5.35. The topological polar surface area (TPSA) is 71.3 Å². The van der Waals surface area contributed by atoms with Gasteiger partial charge in [-0.25, -0.2) is 0 Å². The molecule has 26 heavy (non-hydrogen) atoms. The Kier molecular flexibility index (Phi) is 5.16. The second-order valence-electron chi connectivity index (χ2n) is 7.32. The average Bonchev–Trinajstić information content (AvgIpc) is 2.90. The van der Waals surface area contributed by atoms with Gasteiger partial charge in [0.05, 0.1) is 11.5 Å². The summed E-state index contributed by atoms with van der Waals surface area (Å²) in [6, 6.07) is 10.2. The number of nitrogens with one attached hydrogen (secondary N) is 1. The molecule has 1 saturated carbocycles. The summed E-state index contributed by atoms with van der Waals surface area (Å²) in [5.74, 6) is -1.07. The number of carbonyl (C=O) groups excluding carboxylic acids is 1. The number of amides is 1. The molecule has 0 saturated heterocycles. The highest BCUT2D eigenvalue weighted by atomic mass is 16.4. The highest BCUT2D eigenvalue weighted by molar-refractivity contribution is 5.96. The van der Waals surface area contributed by atoms with Gasteiger partial charge in [-0.1, -0.05) is 12.1 Å². The molecule has 0 spiro atoms. The van der Waals surface area contributed by atoms with Crippen LogP contribution in [0.5, 0.6) is 0 Å². The molecular formula is C21H26N2O3. The van der Waals surface area contributed by atoms with Gasteiger partial charge in [-0.2, -0.15) is 0 Å². The summed E-state index contributed by atoms with van der Waals surface area (Å²) < 4.78 is 2.10. The van der Waals surface area contributed by atoms with Crippen LogP contribution in [0, 0.1) is 26.7 Å². The maximum Gasteiger partial charge on any atom is 0.306 e. The molecule has 138 valence electrons. The number of hydrogen-bond donors (Lipinski definition) is 2. The first-order valence-electron chi connectivity index (χ1n) is 9.16. The molecule has 3 rings (SSSR count). The normalized spacial score (nSPS) is 20.0. The van der Waals surface area contributed by atoms with Crippen LogP contribution in [-0.2, 0) is 4.79 Å². The van der Waals surface area contributed by atoms with Crippen molar-refractivity contribution in [3.8, 4) is 5.69 Å². The lowest BCUT2D eigenvalue weighted by atomic mass is 9.86. The molecular weight excluding hydrogens is 328 g/mol. The van der Waals surface area contributed by atoms with Gasteiger partial charge in [0.1, 0.15) is 0 Å². The lowest BCUT2D eigenvalue weighted by Crippen LogP contribution is -2.38. The number of aryl methyl sites for hydroxylation is 2. The number of rotatable bonds is 4. The monoisotopic (exact) mass is 354 g/mol. The van der Waals surface area contributed by atoms with Gasteiger partial charge < -0.3 is 15.0 Å². The van der Waals surface area contributed by atoms with E-state index in [0.717, 1.165) is 29.9 Å². The molecule has 1 heterocycles. The summed E-state index contributed by atoms with van der Waals surface area (Å²) in [6.45, 7) is 6.02. The zero-order valence-electron chi connectivity index (χ0n) is 15.6. The van der Waals surface area contributed by atoms with Gasteiger partial charge in [0.25, 0.3) is 5.91 Å². The van der Waals surface area contributed by atoms with Crippen LogP contribution >= 0.6 is 0 Å². The van der Waals surface area contributed by atoms with E-state index >= 15 is 0 Å². The minimum atomic E-state index is -0.725. The van der Waals surface area contributed by atoms with Crippen molar-refractivity contribution >= 4 is 11.9 Å². The molecule has 1 aromatic carbocycles. The Bertz CT molecular complexity index is 830. The maximum absolute atomic E-state index is 12.8. The first-order valence-corrected chi connectivity index (χ1v) is 9.16. The minimum absolute atomic E-state index is 0.0557. The molecule has 1 aliphatic carbocycles. The largest absolute Gasteiger partial charge is 0.481 e. The number of aliphatic carboxylic acids is 1. The van der Waals surface area contributed by atoms with Crippen molar-refractivity contribution in [2.75, 3.05) is 0 Å². The van der Waals surface area contributed by atoms with E-state index in [1.807, 2.05) is 32.0 Å². The van der Waals surface area contributed by atoms with E-state index < -0.39 is 5.97 Å². The number of hydrogen-bond acceptors (Lipinski definition) is 2. The Morgan fingerprint density at radius 3 is 2.38 bits per heavy atom. The van der Waals surface area contributed by atoms with Crippen LogP contribution in [0.2, 0.25) is 0 Å². The van der Waals surface area contributed by atoms with Gasteiger partial charge >= 0.3 is 5.97 Å². The number of aromatic nitrogens is 1. The second-order valence-corrected chi connectivity index (χ2v) is 7.32. The summed E-state index contributed by atoms with van der Waals surface area (Å²) >= 11 is 0. The van der Waals surface area contributed by atoms with Gasteiger partial charge in [0, 0.05) is 23.1 Å². The first-order chi connectivity index (χ1) is 12.4. The Morgan fingerprint density at radius 1 is 1.08 bits per heavy atom. The van der Waals surface area contributed by atoms with Crippen LogP contribution in [-0.4, -0.2) is 27.6 Å². The molecule has 5 nitrogen and oxygen atoms in total. The first kappa shape index (κ1) is 18.2. The lowest BCUT2D eigenvalue weighted by molar-refractivity contribution is -0.142. The van der Waals surface area contributed by atoms with Crippen molar-refractivity contribution < 1.29 is 14.7 Å². The molecule has 0 atom stereocenters. The van der Waals surface area contributed by atoms with E-state index in [9.17, 15) is 9.59 Å². The predicted molar refractivity (Wildman–Crippen MR) is 101 cm³/mol. The van der Waals surface area contributed by atoms with Crippen molar-refractivity contribution in [3.05, 3.63) is 52.8 Å². The second kappa shape index (κ2) is 7.36. The standard InChI is InChI=1S/C21H26N2O3/c1-13-5-4-6-18(11-13)23-14(2)12-19(15(23)3)20(24)22-17-9-7-16(8-10-17)21(25)26/h4-6,11-12,16-17H,7-10H2,1-3H3,(H,22,24)(H,25,26). The molecule has 1 aromatic heterocycles. The van der Waals surface area contributed by atoms with E-state index in [-0.39, 0.29) is 17.9 Å². The van der Waals surface area contributed by atoms with Gasteiger partial charge in [-0.05, 0) is 70.2 Å². The molecule has 0 unspecified atom stereocenters. The molecule has 1 aliphatic rings. The number of carbonyl (C=O) groups is 2. The fourth-order valence-electron chi connectivity index (χ4n) is 3.90. The molecule has 5 heteroatoms. The smallest absolute Gasteiger partial charge is 0.306 e. The number of nitrogens with zero attached hydrogens (tertiary/aromatic N) is 1. The van der Waals surface area contributed by atoms with E-state index in [1.54, 1.807) is 0 Å². The SMILES string of the molecule is Cc1cccc(-n2c(C)cc(C(=O)NC3CCC(C(=O)O)CC3)c2C)c1. The minimum Gasteiger partial charge on any atom is -0.481 e. The van der Waals surface area contributed by atoms with Crippen molar-refractivity contribution in [3.63, 3.8) is 0 Å². The summed E-state index contributed by atoms with van der Waals surface area (Å²) in [5.41, 5.74) is 4.86. The molecule has 0 bridgehead atoms. The number of benzene rings is 1. The fourth-order valence-corrected chi connectivity index (χ4v) is 3.90. The summed E-state index contributed by atoms with van der Waals surface area (Å²) in [6.07, 6.45) is 2.70. The Balaban J connectivity index is 1.75. The highest BCUT2D eigenvalue weighted by Gasteiger charge is 2.27. The molecule has 0 aliphatic heterocycles. The van der Waals surface area contributed by atoms with Crippen molar-refractivity contribution in [1.29, 1.82) is 0 Å². The Hall–Kier alpha value is -2.56. The van der Waals surface area contributed by atoms with Crippen molar-refractivity contribution in [2.24, 2.45) is 5.92 Å². The summed E-state index contributed by atoms with van der Waals surface area (Å²) in [7, 11) is 0. The average molecular weight is 354 g/mol. The van der Waals surface area contributed by atoms with Crippen molar-refractivity contribution in [2.45, 2.75) is 52.5 Å². The quantitative estimate of drug-likeness (QED) is 0.878. The van der Waals surface area contributed by atoms with E-state index in [0.29, 0.717) is 18.4 Å². The predicted octanol–water partition coefficient (Wildman–Crippen LogP) is 3.78. The van der Waals surface area contributed by atoms with Crippen LogP contribution in [0.15, 0.2) is 30.3 Å². The van der Waals surface area contributed by atoms with Gasteiger partial charge in [0.15, 0.2) is 0 Å². The van der Waals surface area contributed by atoms with Crippen LogP contribution in [0.1, 0.15) is 53.0 Å². The van der Waals surface area contributed by atoms with Crippen LogP contribution in [0.25, 0.3) is 5.69 Å². The Morgan fingerprint density at radius 2 is 1.77 bits per heavy atom. The third kappa shape index (κ3) is 3.66. The highest BCUT2D eigenvalue weighted by Crippen LogP contribution is 2.26.